The van der Waals surface area contributed by atoms with Gasteiger partial charge in [-0.25, -0.2) is 4.98 Å². The monoisotopic (exact) mass is 351 g/mol. The third kappa shape index (κ3) is 3.78. The van der Waals surface area contributed by atoms with Gasteiger partial charge in [0.05, 0.1) is 15.3 Å². The summed E-state index contributed by atoms with van der Waals surface area (Å²) >= 11 is 2.17. The van der Waals surface area contributed by atoms with Crippen molar-refractivity contribution < 1.29 is 8.92 Å². The van der Waals surface area contributed by atoms with E-state index in [9.17, 15) is 0 Å². The zero-order valence-corrected chi connectivity index (χ0v) is 11.8. The molecular weight excluding hydrogens is 337 g/mol. The van der Waals surface area contributed by atoms with Gasteiger partial charge >= 0.3 is 0 Å². The van der Waals surface area contributed by atoms with Crippen molar-refractivity contribution in [1.29, 1.82) is 0 Å². The Morgan fingerprint density at radius 1 is 1.19 bits per heavy atom. The van der Waals surface area contributed by atoms with Gasteiger partial charge in [0.1, 0.15) is 6.10 Å². The predicted octanol–water partition coefficient (Wildman–Crippen LogP) is 3.79. The van der Waals surface area contributed by atoms with Crippen molar-refractivity contribution in [2.75, 3.05) is 0 Å². The molecule has 0 radical (unpaired) electrons. The molecule has 1 aliphatic rings. The molecule has 0 bridgehead atoms. The minimum Gasteiger partial charge on any atom is -0.474 e. The van der Waals surface area contributed by atoms with E-state index in [1.54, 1.807) is 6.20 Å². The standard InChI is InChI=1S/C11H14INO2S/c12-16-15-10-6-4-9(5-7-10)14-11-3-1-2-8-13-11/h1-3,8-10H,4-7H2. The lowest BCUT2D eigenvalue weighted by atomic mass is 9.95. The van der Waals surface area contributed by atoms with Gasteiger partial charge in [0.15, 0.2) is 0 Å². The molecule has 0 saturated heterocycles. The molecule has 88 valence electrons. The lowest BCUT2D eigenvalue weighted by molar-refractivity contribution is 0.0903. The highest BCUT2D eigenvalue weighted by Gasteiger charge is 2.23. The second kappa shape index (κ2) is 6.66. The molecule has 0 aromatic carbocycles. The third-order valence-electron chi connectivity index (χ3n) is 2.72. The van der Waals surface area contributed by atoms with Gasteiger partial charge in [0, 0.05) is 33.5 Å². The average Bonchev–Trinajstić information content (AvgIpc) is 2.33. The van der Waals surface area contributed by atoms with Gasteiger partial charge in [-0.1, -0.05) is 6.07 Å². The summed E-state index contributed by atoms with van der Waals surface area (Å²) in [6, 6.07) is 5.75. The maximum Gasteiger partial charge on any atom is 0.213 e. The van der Waals surface area contributed by atoms with Crippen LogP contribution in [0.4, 0.5) is 0 Å². The molecule has 2 rings (SSSR count). The summed E-state index contributed by atoms with van der Waals surface area (Å²) < 4.78 is 11.3. The summed E-state index contributed by atoms with van der Waals surface area (Å²) in [5, 5.41) is 0. The minimum absolute atomic E-state index is 0.300. The van der Waals surface area contributed by atoms with Crippen molar-refractivity contribution in [2.45, 2.75) is 37.9 Å². The van der Waals surface area contributed by atoms with E-state index >= 15 is 0 Å². The number of halogens is 1. The molecule has 3 nitrogen and oxygen atoms in total. The van der Waals surface area contributed by atoms with Crippen LogP contribution >= 0.6 is 30.4 Å². The first kappa shape index (κ1) is 12.4. The molecule has 0 amide bonds. The number of nitrogens with zero attached hydrogens (tertiary/aromatic N) is 1. The second-order valence-corrected chi connectivity index (χ2v) is 5.24. The Hall–Kier alpha value is -0.01000. The van der Waals surface area contributed by atoms with Crippen molar-refractivity contribution in [1.82, 2.24) is 4.98 Å². The average molecular weight is 351 g/mol. The lowest BCUT2D eigenvalue weighted by Crippen LogP contribution is -2.27. The van der Waals surface area contributed by atoms with Crippen LogP contribution < -0.4 is 4.74 Å². The molecule has 1 heterocycles. The molecule has 0 N–H and O–H groups in total. The van der Waals surface area contributed by atoms with Gasteiger partial charge in [0.25, 0.3) is 0 Å². The largest absolute Gasteiger partial charge is 0.474 e. The molecule has 1 fully saturated rings. The number of aromatic nitrogens is 1. The highest BCUT2D eigenvalue weighted by atomic mass is 127. The number of rotatable bonds is 4. The van der Waals surface area contributed by atoms with Crippen molar-refractivity contribution in [2.24, 2.45) is 0 Å². The van der Waals surface area contributed by atoms with Crippen molar-refractivity contribution >= 4 is 30.4 Å². The summed E-state index contributed by atoms with van der Waals surface area (Å²) in [6.45, 7) is 0. The minimum atomic E-state index is 0.300. The Balaban J connectivity index is 1.77. The molecule has 1 aromatic heterocycles. The fourth-order valence-electron chi connectivity index (χ4n) is 1.89. The molecule has 16 heavy (non-hydrogen) atoms. The zero-order chi connectivity index (χ0) is 11.2. The molecule has 0 aliphatic heterocycles. The second-order valence-electron chi connectivity index (χ2n) is 3.84. The topological polar surface area (TPSA) is 31.4 Å². The first-order chi connectivity index (χ1) is 7.88. The van der Waals surface area contributed by atoms with E-state index in [4.69, 9.17) is 8.92 Å². The van der Waals surface area contributed by atoms with E-state index in [1.807, 2.05) is 18.2 Å². The fourth-order valence-corrected chi connectivity index (χ4v) is 3.06. The van der Waals surface area contributed by atoms with Crippen molar-refractivity contribution in [3.63, 3.8) is 0 Å². The van der Waals surface area contributed by atoms with Gasteiger partial charge in [-0.05, 0) is 31.7 Å². The van der Waals surface area contributed by atoms with Crippen LogP contribution in [0.5, 0.6) is 5.88 Å². The van der Waals surface area contributed by atoms with Gasteiger partial charge in [-0.15, -0.1) is 0 Å². The molecular formula is C11H14INO2S. The van der Waals surface area contributed by atoms with Crippen LogP contribution in [-0.2, 0) is 4.18 Å². The van der Waals surface area contributed by atoms with E-state index < -0.39 is 0 Å². The Morgan fingerprint density at radius 2 is 1.94 bits per heavy atom. The smallest absolute Gasteiger partial charge is 0.213 e. The first-order valence-corrected chi connectivity index (χ1v) is 8.68. The molecule has 1 aromatic rings. The van der Waals surface area contributed by atoms with Crippen LogP contribution in [0.1, 0.15) is 25.7 Å². The fraction of sp³-hybridized carbons (Fsp3) is 0.545. The lowest BCUT2D eigenvalue weighted by Gasteiger charge is -2.27. The summed E-state index contributed by atoms with van der Waals surface area (Å²) in [7, 11) is 1.43. The van der Waals surface area contributed by atoms with E-state index in [-0.39, 0.29) is 0 Å². The number of ether oxygens (including phenoxy) is 1. The highest BCUT2D eigenvalue weighted by molar-refractivity contribution is 14.2. The molecule has 0 spiro atoms. The first-order valence-electron chi connectivity index (χ1n) is 5.40. The molecule has 5 heteroatoms. The predicted molar refractivity (Wildman–Crippen MR) is 73.6 cm³/mol. The Labute approximate surface area is 112 Å². The molecule has 0 unspecified atom stereocenters. The van der Waals surface area contributed by atoms with E-state index in [2.05, 4.69) is 26.2 Å². The Morgan fingerprint density at radius 3 is 2.56 bits per heavy atom. The van der Waals surface area contributed by atoms with Gasteiger partial charge in [0.2, 0.25) is 5.88 Å². The van der Waals surface area contributed by atoms with E-state index in [0.717, 1.165) is 31.6 Å². The SMILES string of the molecule is ISOC1CCC(Oc2ccccn2)CC1. The van der Waals surface area contributed by atoms with Crippen LogP contribution in [0, 0.1) is 0 Å². The summed E-state index contributed by atoms with van der Waals surface area (Å²) in [4.78, 5) is 4.17. The Kier molecular flexibility index (Phi) is 5.18. The van der Waals surface area contributed by atoms with Gasteiger partial charge in [-0.3, -0.25) is 0 Å². The summed E-state index contributed by atoms with van der Waals surface area (Å²) in [6.07, 6.45) is 6.72. The normalized spacial score (nSPS) is 25.3. The summed E-state index contributed by atoms with van der Waals surface area (Å²) in [5.41, 5.74) is 0. The third-order valence-corrected chi connectivity index (χ3v) is 3.69. The highest BCUT2D eigenvalue weighted by Crippen LogP contribution is 2.28. The van der Waals surface area contributed by atoms with Gasteiger partial charge in [-0.2, -0.15) is 0 Å². The molecule has 0 atom stereocenters. The maximum absolute atomic E-state index is 5.81. The van der Waals surface area contributed by atoms with E-state index in [1.165, 1.54) is 9.21 Å². The zero-order valence-electron chi connectivity index (χ0n) is 8.84. The van der Waals surface area contributed by atoms with Crippen molar-refractivity contribution in [3.05, 3.63) is 24.4 Å². The Bertz CT molecular complexity index is 304. The van der Waals surface area contributed by atoms with Crippen LogP contribution in [0.15, 0.2) is 24.4 Å². The van der Waals surface area contributed by atoms with Crippen molar-refractivity contribution in [3.8, 4) is 5.88 Å². The van der Waals surface area contributed by atoms with Crippen LogP contribution in [0.25, 0.3) is 0 Å². The van der Waals surface area contributed by atoms with Crippen LogP contribution in [-0.4, -0.2) is 17.2 Å². The number of pyridine rings is 1. The number of hydrogen-bond acceptors (Lipinski definition) is 4. The van der Waals surface area contributed by atoms with E-state index in [0.29, 0.717) is 12.2 Å². The maximum atomic E-state index is 5.81. The van der Waals surface area contributed by atoms with Gasteiger partial charge < -0.3 is 8.92 Å². The number of hydrogen-bond donors (Lipinski definition) is 0. The van der Waals surface area contributed by atoms with Crippen LogP contribution in [0.3, 0.4) is 0 Å². The molecule has 1 saturated carbocycles. The molecule has 1 aliphatic carbocycles. The van der Waals surface area contributed by atoms with Crippen LogP contribution in [0.2, 0.25) is 0 Å². The quantitative estimate of drug-likeness (QED) is 0.610. The summed E-state index contributed by atoms with van der Waals surface area (Å²) in [5.74, 6) is 0.732.